The molecule has 4 aromatic rings. The molecule has 0 fully saturated rings. The van der Waals surface area contributed by atoms with Gasteiger partial charge >= 0.3 is 0 Å². The Morgan fingerprint density at radius 3 is 2.26 bits per heavy atom. The van der Waals surface area contributed by atoms with Crippen LogP contribution < -0.4 is 15.0 Å². The van der Waals surface area contributed by atoms with Gasteiger partial charge in [-0.25, -0.2) is 8.42 Å². The van der Waals surface area contributed by atoms with Crippen LogP contribution in [0.15, 0.2) is 89.8 Å². The zero-order valence-electron chi connectivity index (χ0n) is 22.9. The number of methoxy groups -OCH3 is 1. The van der Waals surface area contributed by atoms with Crippen molar-refractivity contribution in [1.82, 2.24) is 4.31 Å². The van der Waals surface area contributed by atoms with E-state index >= 15 is 0 Å². The van der Waals surface area contributed by atoms with Gasteiger partial charge in [0, 0.05) is 50.7 Å². The van der Waals surface area contributed by atoms with Crippen LogP contribution in [0.2, 0.25) is 15.1 Å². The van der Waals surface area contributed by atoms with E-state index in [1.54, 1.807) is 66.6 Å². The van der Waals surface area contributed by atoms with Gasteiger partial charge in [-0.05, 0) is 84.8 Å². The predicted molar refractivity (Wildman–Crippen MR) is 169 cm³/mol. The van der Waals surface area contributed by atoms with E-state index in [1.807, 2.05) is 6.07 Å². The van der Waals surface area contributed by atoms with Crippen molar-refractivity contribution in [3.05, 3.63) is 117 Å². The first-order valence-electron chi connectivity index (χ1n) is 13.1. The molecule has 0 saturated heterocycles. The lowest BCUT2D eigenvalue weighted by molar-refractivity contribution is -0.116. The zero-order chi connectivity index (χ0) is 30.7. The van der Waals surface area contributed by atoms with Gasteiger partial charge in [0.15, 0.2) is 0 Å². The number of ether oxygens (including phenoxy) is 1. The summed E-state index contributed by atoms with van der Waals surface area (Å²) in [6.45, 7) is -0.285. The number of fused-ring (bicyclic) bond motifs is 1. The van der Waals surface area contributed by atoms with Crippen LogP contribution >= 0.6 is 34.8 Å². The molecule has 222 valence electrons. The minimum atomic E-state index is -4.17. The maximum Gasteiger partial charge on any atom is 0.258 e. The lowest BCUT2D eigenvalue weighted by Gasteiger charge is -2.23. The Labute approximate surface area is 264 Å². The number of halogens is 3. The van der Waals surface area contributed by atoms with E-state index in [9.17, 15) is 18.0 Å². The second-order valence-electron chi connectivity index (χ2n) is 9.75. The maximum absolute atomic E-state index is 13.7. The van der Waals surface area contributed by atoms with Gasteiger partial charge in [0.25, 0.3) is 5.91 Å². The van der Waals surface area contributed by atoms with Gasteiger partial charge in [-0.15, -0.1) is 0 Å². The number of benzene rings is 4. The van der Waals surface area contributed by atoms with Crippen LogP contribution in [-0.2, 0) is 27.8 Å². The predicted octanol–water partition coefficient (Wildman–Crippen LogP) is 6.69. The third-order valence-electron chi connectivity index (χ3n) is 7.01. The monoisotopic (exact) mass is 657 g/mol. The molecule has 0 radical (unpaired) electrons. The fourth-order valence-electron chi connectivity index (χ4n) is 4.76. The number of hydrogen-bond acceptors (Lipinski definition) is 5. The van der Waals surface area contributed by atoms with E-state index < -0.39 is 22.5 Å². The topological polar surface area (TPSA) is 96.0 Å². The van der Waals surface area contributed by atoms with E-state index in [0.29, 0.717) is 46.2 Å². The van der Waals surface area contributed by atoms with E-state index in [2.05, 4.69) is 5.32 Å². The van der Waals surface area contributed by atoms with Crippen molar-refractivity contribution >= 4 is 68.0 Å². The highest BCUT2D eigenvalue weighted by molar-refractivity contribution is 7.89. The second kappa shape index (κ2) is 13.0. The normalized spacial score (nSPS) is 12.7. The fourth-order valence-corrected chi connectivity index (χ4v) is 6.77. The van der Waals surface area contributed by atoms with Crippen molar-refractivity contribution in [2.75, 3.05) is 30.4 Å². The molecule has 0 spiro atoms. The Bertz CT molecular complexity index is 1760. The largest absolute Gasteiger partial charge is 0.497 e. The summed E-state index contributed by atoms with van der Waals surface area (Å²) in [7, 11) is -2.61. The summed E-state index contributed by atoms with van der Waals surface area (Å²) in [5.74, 6) is -0.124. The van der Waals surface area contributed by atoms with Gasteiger partial charge in [0.1, 0.15) is 5.75 Å². The standard InChI is InChI=1S/C31H26Cl3N3O5S/c1-42-24-11-6-21(7-12-24)31(39)37-16-15-20-5-10-23(17-29(20)37)35-30(38)19-36(18-26-27(33)3-2-4-28(26)34)43(40,41)25-13-8-22(32)9-14-25/h2-14,17H,15-16,18-19H2,1H3,(H,35,38). The molecule has 0 atom stereocenters. The first kappa shape index (κ1) is 30.8. The summed E-state index contributed by atoms with van der Waals surface area (Å²) in [4.78, 5) is 28.2. The van der Waals surface area contributed by atoms with E-state index in [4.69, 9.17) is 39.5 Å². The Balaban J connectivity index is 1.38. The fraction of sp³-hybridized carbons (Fsp3) is 0.161. The first-order chi connectivity index (χ1) is 20.6. The van der Waals surface area contributed by atoms with E-state index in [1.165, 1.54) is 24.3 Å². The number of carbonyl (C=O) groups excluding carboxylic acids is 2. The van der Waals surface area contributed by atoms with Crippen molar-refractivity contribution < 1.29 is 22.7 Å². The van der Waals surface area contributed by atoms with Gasteiger partial charge in [0.2, 0.25) is 15.9 Å². The van der Waals surface area contributed by atoms with Crippen LogP contribution in [0.4, 0.5) is 11.4 Å². The molecule has 2 amide bonds. The first-order valence-corrected chi connectivity index (χ1v) is 15.7. The molecule has 0 saturated carbocycles. The highest BCUT2D eigenvalue weighted by Crippen LogP contribution is 2.33. The number of nitrogens with one attached hydrogen (secondary N) is 1. The molecule has 0 unspecified atom stereocenters. The third-order valence-corrected chi connectivity index (χ3v) is 9.78. The summed E-state index contributed by atoms with van der Waals surface area (Å²) < 4.78 is 33.5. The zero-order valence-corrected chi connectivity index (χ0v) is 26.0. The molecular formula is C31H26Cl3N3O5S. The Kier molecular flexibility index (Phi) is 9.29. The molecule has 1 aliphatic rings. The van der Waals surface area contributed by atoms with Crippen LogP contribution in [-0.4, -0.2) is 44.7 Å². The smallest absolute Gasteiger partial charge is 0.258 e. The Hall–Kier alpha value is -3.60. The molecule has 43 heavy (non-hydrogen) atoms. The average Bonchev–Trinajstić information content (AvgIpc) is 3.41. The molecule has 5 rings (SSSR count). The van der Waals surface area contributed by atoms with Gasteiger partial charge in [-0.3, -0.25) is 9.59 Å². The molecule has 4 aromatic carbocycles. The minimum Gasteiger partial charge on any atom is -0.497 e. The van der Waals surface area contributed by atoms with Crippen molar-refractivity contribution in [2.45, 2.75) is 17.9 Å². The van der Waals surface area contributed by atoms with Crippen LogP contribution in [0.3, 0.4) is 0 Å². The summed E-state index contributed by atoms with van der Waals surface area (Å²) in [5, 5.41) is 3.68. The summed E-state index contributed by atoms with van der Waals surface area (Å²) in [6.07, 6.45) is 0.664. The third kappa shape index (κ3) is 6.82. The lowest BCUT2D eigenvalue weighted by atomic mass is 10.1. The molecule has 12 heteroatoms. The van der Waals surface area contributed by atoms with Crippen LogP contribution in [0.25, 0.3) is 0 Å². The molecule has 1 heterocycles. The number of amides is 2. The van der Waals surface area contributed by atoms with Crippen LogP contribution in [0, 0.1) is 0 Å². The molecule has 1 N–H and O–H groups in total. The van der Waals surface area contributed by atoms with Crippen molar-refractivity contribution in [3.8, 4) is 5.75 Å². The number of rotatable bonds is 9. The molecule has 0 aliphatic carbocycles. The summed E-state index contributed by atoms with van der Waals surface area (Å²) >= 11 is 18.7. The van der Waals surface area contributed by atoms with Crippen molar-refractivity contribution in [3.63, 3.8) is 0 Å². The Morgan fingerprint density at radius 2 is 1.60 bits per heavy atom. The number of sulfonamides is 1. The molecular weight excluding hydrogens is 633 g/mol. The second-order valence-corrected chi connectivity index (χ2v) is 12.9. The maximum atomic E-state index is 13.7. The quantitative estimate of drug-likeness (QED) is 0.216. The number of hydrogen-bond donors (Lipinski definition) is 1. The van der Waals surface area contributed by atoms with Gasteiger partial charge in [0.05, 0.1) is 18.6 Å². The average molecular weight is 659 g/mol. The van der Waals surface area contributed by atoms with Gasteiger partial charge in [-0.2, -0.15) is 4.31 Å². The SMILES string of the molecule is COc1ccc(C(=O)N2CCc3ccc(NC(=O)CN(Cc4c(Cl)cccc4Cl)S(=O)(=O)c4ccc(Cl)cc4)cc32)cc1. The summed E-state index contributed by atoms with van der Waals surface area (Å²) in [5.41, 5.74) is 2.91. The molecule has 0 bridgehead atoms. The highest BCUT2D eigenvalue weighted by atomic mass is 35.5. The van der Waals surface area contributed by atoms with Crippen molar-refractivity contribution in [1.29, 1.82) is 0 Å². The number of carbonyl (C=O) groups is 2. The molecule has 0 aromatic heterocycles. The van der Waals surface area contributed by atoms with Crippen LogP contribution in [0.5, 0.6) is 5.75 Å². The minimum absolute atomic E-state index is 0.0434. The van der Waals surface area contributed by atoms with Crippen molar-refractivity contribution in [2.24, 2.45) is 0 Å². The number of nitrogens with zero attached hydrogens (tertiary/aromatic N) is 2. The van der Waals surface area contributed by atoms with Gasteiger partial charge in [-0.1, -0.05) is 46.9 Å². The van der Waals surface area contributed by atoms with Gasteiger partial charge < -0.3 is 15.0 Å². The lowest BCUT2D eigenvalue weighted by Crippen LogP contribution is -2.37. The number of anilines is 2. The summed E-state index contributed by atoms with van der Waals surface area (Å²) in [6, 6.07) is 22.6. The van der Waals surface area contributed by atoms with E-state index in [0.717, 1.165) is 9.87 Å². The van der Waals surface area contributed by atoms with E-state index in [-0.39, 0.29) is 27.4 Å². The molecule has 1 aliphatic heterocycles. The van der Waals surface area contributed by atoms with Crippen LogP contribution in [0.1, 0.15) is 21.5 Å². The Morgan fingerprint density at radius 1 is 0.930 bits per heavy atom. The highest BCUT2D eigenvalue weighted by Gasteiger charge is 2.30. The molecule has 8 nitrogen and oxygen atoms in total.